The van der Waals surface area contributed by atoms with Crippen LogP contribution in [0.5, 0.6) is 0 Å². The molecule has 1 aromatic carbocycles. The van der Waals surface area contributed by atoms with Crippen LogP contribution in [0.15, 0.2) is 28.7 Å². The number of ether oxygens (including phenoxy) is 1. The molecule has 1 saturated heterocycles. The van der Waals surface area contributed by atoms with E-state index in [0.29, 0.717) is 60.1 Å². The molecular weight excluding hydrogens is 442 g/mol. The summed E-state index contributed by atoms with van der Waals surface area (Å²) in [5.41, 5.74) is 2.76. The molecule has 0 radical (unpaired) electrons. The van der Waals surface area contributed by atoms with E-state index in [1.807, 2.05) is 24.8 Å². The molecule has 1 aliphatic carbocycles. The van der Waals surface area contributed by atoms with E-state index in [1.54, 1.807) is 0 Å². The largest absolute Gasteiger partial charge is 0.422 e. The van der Waals surface area contributed by atoms with Crippen LogP contribution in [-0.4, -0.2) is 44.8 Å². The van der Waals surface area contributed by atoms with Crippen LogP contribution in [0, 0.1) is 25.5 Å². The summed E-state index contributed by atoms with van der Waals surface area (Å²) >= 11 is 0. The van der Waals surface area contributed by atoms with Crippen LogP contribution in [0.3, 0.4) is 0 Å². The average Bonchev–Trinajstić information content (AvgIpc) is 3.56. The number of fused-ring (bicyclic) bond motifs is 1. The highest BCUT2D eigenvalue weighted by Crippen LogP contribution is 2.40. The first-order valence-corrected chi connectivity index (χ1v) is 11.3. The van der Waals surface area contributed by atoms with Gasteiger partial charge in [-0.25, -0.2) is 18.7 Å². The van der Waals surface area contributed by atoms with Crippen LogP contribution >= 0.6 is 0 Å². The van der Waals surface area contributed by atoms with Crippen molar-refractivity contribution in [3.8, 4) is 11.3 Å². The van der Waals surface area contributed by atoms with Gasteiger partial charge < -0.3 is 14.1 Å². The van der Waals surface area contributed by atoms with Crippen molar-refractivity contribution in [2.24, 2.45) is 0 Å². The molecule has 2 fully saturated rings. The van der Waals surface area contributed by atoms with Gasteiger partial charge in [0.2, 0.25) is 17.7 Å². The molecular formula is C24H22F2N6O2. The maximum absolute atomic E-state index is 14.8. The summed E-state index contributed by atoms with van der Waals surface area (Å²) in [6.07, 6.45) is 1.71. The van der Waals surface area contributed by atoms with E-state index in [4.69, 9.17) is 19.1 Å². The number of rotatable bonds is 4. The number of aromatic nitrogens is 5. The lowest BCUT2D eigenvalue weighted by Gasteiger charge is -2.31. The molecule has 2 aliphatic rings. The molecule has 1 atom stereocenters. The Morgan fingerprint density at radius 1 is 1.00 bits per heavy atom. The molecule has 8 nitrogen and oxygen atoms in total. The molecule has 0 bridgehead atoms. The van der Waals surface area contributed by atoms with Gasteiger partial charge in [-0.05, 0) is 50.5 Å². The average molecular weight is 464 g/mol. The number of anilines is 1. The Bertz CT molecular complexity index is 1400. The lowest BCUT2D eigenvalue weighted by molar-refractivity contribution is 0.0210. The van der Waals surface area contributed by atoms with Crippen molar-refractivity contribution in [1.82, 2.24) is 25.1 Å². The standard InChI is InChI=1S/C24H22F2N6O2/c1-12-9-17-20(16-6-5-15(25)10-18(16)26)28-24(29-21(17)27-13(12)2)32-7-8-33-19(11-32)23-31-30-22(34-23)14-3-4-14/h5-6,9-10,14,19H,3-4,7-8,11H2,1-2H3/t19-/m0/s1. The number of hydrogen-bond donors (Lipinski definition) is 0. The molecule has 0 spiro atoms. The van der Waals surface area contributed by atoms with Crippen LogP contribution < -0.4 is 4.90 Å². The van der Waals surface area contributed by atoms with E-state index in [9.17, 15) is 8.78 Å². The highest BCUT2D eigenvalue weighted by Gasteiger charge is 2.33. The SMILES string of the molecule is Cc1cc2c(-c3ccc(F)cc3F)nc(N3CCO[C@H](c4nnc(C5CC5)o4)C3)nc2nc1C. The first-order chi connectivity index (χ1) is 16.5. The number of benzene rings is 1. The van der Waals surface area contributed by atoms with Crippen LogP contribution in [0.4, 0.5) is 14.7 Å². The van der Waals surface area contributed by atoms with Gasteiger partial charge in [0.05, 0.1) is 18.8 Å². The predicted octanol–water partition coefficient (Wildman–Crippen LogP) is 4.43. The lowest BCUT2D eigenvalue weighted by atomic mass is 10.1. The molecule has 10 heteroatoms. The minimum Gasteiger partial charge on any atom is -0.422 e. The Morgan fingerprint density at radius 3 is 2.62 bits per heavy atom. The van der Waals surface area contributed by atoms with E-state index in [-0.39, 0.29) is 5.56 Å². The Hall–Kier alpha value is -3.53. The van der Waals surface area contributed by atoms with Gasteiger partial charge in [-0.15, -0.1) is 10.2 Å². The summed E-state index contributed by atoms with van der Waals surface area (Å²) in [6.45, 7) is 5.16. The number of hydrogen-bond acceptors (Lipinski definition) is 8. The number of aryl methyl sites for hydroxylation is 2. The molecule has 4 heterocycles. The van der Waals surface area contributed by atoms with E-state index in [1.165, 1.54) is 12.1 Å². The van der Waals surface area contributed by atoms with Gasteiger partial charge in [-0.1, -0.05) is 0 Å². The summed E-state index contributed by atoms with van der Waals surface area (Å²) in [7, 11) is 0. The van der Waals surface area contributed by atoms with Crippen LogP contribution in [0.1, 0.15) is 47.9 Å². The summed E-state index contributed by atoms with van der Waals surface area (Å²) in [6, 6.07) is 5.36. The van der Waals surface area contributed by atoms with E-state index >= 15 is 0 Å². The van der Waals surface area contributed by atoms with Crippen molar-refractivity contribution in [3.63, 3.8) is 0 Å². The third-order valence-electron chi connectivity index (χ3n) is 6.31. The molecule has 174 valence electrons. The smallest absolute Gasteiger partial charge is 0.247 e. The fourth-order valence-corrected chi connectivity index (χ4v) is 4.11. The second-order valence-corrected chi connectivity index (χ2v) is 8.82. The Balaban J connectivity index is 1.41. The van der Waals surface area contributed by atoms with Gasteiger partial charge in [0.1, 0.15) is 11.6 Å². The van der Waals surface area contributed by atoms with Crippen LogP contribution in [0.2, 0.25) is 0 Å². The lowest BCUT2D eigenvalue weighted by Crippen LogP contribution is -2.39. The van der Waals surface area contributed by atoms with Crippen LogP contribution in [-0.2, 0) is 4.74 Å². The van der Waals surface area contributed by atoms with E-state index in [2.05, 4.69) is 15.2 Å². The zero-order chi connectivity index (χ0) is 23.4. The van der Waals surface area contributed by atoms with Gasteiger partial charge in [0, 0.05) is 35.2 Å². The third-order valence-corrected chi connectivity index (χ3v) is 6.31. The summed E-state index contributed by atoms with van der Waals surface area (Å²) < 4.78 is 40.1. The first-order valence-electron chi connectivity index (χ1n) is 11.3. The number of nitrogens with zero attached hydrogens (tertiary/aromatic N) is 6. The zero-order valence-electron chi connectivity index (χ0n) is 18.8. The fraction of sp³-hybridized carbons (Fsp3) is 0.375. The monoisotopic (exact) mass is 464 g/mol. The second kappa shape index (κ2) is 8.05. The van der Waals surface area contributed by atoms with Crippen LogP contribution in [0.25, 0.3) is 22.3 Å². The highest BCUT2D eigenvalue weighted by atomic mass is 19.1. The molecule has 0 unspecified atom stereocenters. The van der Waals surface area contributed by atoms with Gasteiger partial charge in [-0.3, -0.25) is 0 Å². The third kappa shape index (κ3) is 3.77. The molecule has 4 aromatic rings. The number of pyridine rings is 1. The Labute approximate surface area is 194 Å². The normalized spacial score (nSPS) is 18.6. The Morgan fingerprint density at radius 2 is 1.82 bits per heavy atom. The summed E-state index contributed by atoms with van der Waals surface area (Å²) in [5.74, 6) is 0.491. The van der Waals surface area contributed by atoms with Crippen molar-refractivity contribution < 1.29 is 17.9 Å². The maximum Gasteiger partial charge on any atom is 0.247 e. The number of morpholine rings is 1. The molecule has 1 aliphatic heterocycles. The molecule has 6 rings (SSSR count). The maximum atomic E-state index is 14.8. The Kier molecular flexibility index (Phi) is 4.98. The first kappa shape index (κ1) is 21.0. The summed E-state index contributed by atoms with van der Waals surface area (Å²) in [4.78, 5) is 16.0. The topological polar surface area (TPSA) is 90.1 Å². The van der Waals surface area contributed by atoms with Crippen molar-refractivity contribution in [3.05, 3.63) is 58.9 Å². The zero-order valence-corrected chi connectivity index (χ0v) is 18.8. The van der Waals surface area contributed by atoms with E-state index in [0.717, 1.165) is 30.2 Å². The summed E-state index contributed by atoms with van der Waals surface area (Å²) in [5, 5.41) is 8.94. The predicted molar refractivity (Wildman–Crippen MR) is 119 cm³/mol. The molecule has 3 aromatic heterocycles. The van der Waals surface area contributed by atoms with E-state index < -0.39 is 17.7 Å². The van der Waals surface area contributed by atoms with Crippen molar-refractivity contribution in [2.75, 3.05) is 24.6 Å². The molecule has 0 N–H and O–H groups in total. The van der Waals surface area contributed by atoms with Gasteiger partial charge >= 0.3 is 0 Å². The fourth-order valence-electron chi connectivity index (χ4n) is 4.11. The highest BCUT2D eigenvalue weighted by molar-refractivity contribution is 5.92. The molecule has 1 saturated carbocycles. The van der Waals surface area contributed by atoms with Crippen molar-refractivity contribution >= 4 is 17.0 Å². The van der Waals surface area contributed by atoms with Gasteiger partial charge in [-0.2, -0.15) is 4.98 Å². The second-order valence-electron chi connectivity index (χ2n) is 8.82. The van der Waals surface area contributed by atoms with Crippen molar-refractivity contribution in [1.29, 1.82) is 0 Å². The quantitative estimate of drug-likeness (QED) is 0.438. The minimum absolute atomic E-state index is 0.191. The van der Waals surface area contributed by atoms with Gasteiger partial charge in [0.25, 0.3) is 0 Å². The minimum atomic E-state index is -0.692. The van der Waals surface area contributed by atoms with Gasteiger partial charge in [0.15, 0.2) is 11.8 Å². The van der Waals surface area contributed by atoms with Crippen molar-refractivity contribution in [2.45, 2.75) is 38.7 Å². The molecule has 0 amide bonds. The number of halogens is 2. The molecule has 34 heavy (non-hydrogen) atoms.